The number of carbonyl (C=O) groups is 1. The molecule has 2 rings (SSSR count). The number of nitrogens with one attached hydrogen (secondary N) is 1. The summed E-state index contributed by atoms with van der Waals surface area (Å²) in [5.41, 5.74) is 0.429. The SMILES string of the molecule is CC1CC(NC(=O)Cc2cc(Br)ccc2F)CCN1C. The van der Waals surface area contributed by atoms with E-state index in [1.54, 1.807) is 12.1 Å². The number of rotatable bonds is 3. The van der Waals surface area contributed by atoms with Crippen molar-refractivity contribution in [2.45, 2.75) is 38.3 Å². The molecule has 2 unspecified atom stereocenters. The molecule has 1 N–H and O–H groups in total. The van der Waals surface area contributed by atoms with E-state index >= 15 is 0 Å². The molecule has 1 aliphatic heterocycles. The summed E-state index contributed by atoms with van der Waals surface area (Å²) < 4.78 is 14.4. The first-order valence-corrected chi connectivity index (χ1v) is 7.68. The molecule has 1 amide bonds. The lowest BCUT2D eigenvalue weighted by atomic mass is 9.98. The Kier molecular flexibility index (Phi) is 5.16. The van der Waals surface area contributed by atoms with Crippen molar-refractivity contribution in [1.29, 1.82) is 0 Å². The zero-order chi connectivity index (χ0) is 14.7. The van der Waals surface area contributed by atoms with E-state index in [9.17, 15) is 9.18 Å². The Bertz CT molecular complexity index is 495. The van der Waals surface area contributed by atoms with Gasteiger partial charge >= 0.3 is 0 Å². The molecule has 0 saturated carbocycles. The highest BCUT2D eigenvalue weighted by molar-refractivity contribution is 9.10. The summed E-state index contributed by atoms with van der Waals surface area (Å²) in [6.45, 7) is 3.14. The monoisotopic (exact) mass is 342 g/mol. The number of halogens is 2. The third kappa shape index (κ3) is 4.03. The zero-order valence-electron chi connectivity index (χ0n) is 11.8. The highest BCUT2D eigenvalue weighted by Gasteiger charge is 2.24. The number of amides is 1. The van der Waals surface area contributed by atoms with Gasteiger partial charge in [-0.1, -0.05) is 15.9 Å². The second kappa shape index (κ2) is 6.68. The van der Waals surface area contributed by atoms with Crippen LogP contribution >= 0.6 is 15.9 Å². The molecule has 1 aromatic carbocycles. The van der Waals surface area contributed by atoms with Gasteiger partial charge in [-0.05, 0) is 50.6 Å². The van der Waals surface area contributed by atoms with Crippen molar-refractivity contribution in [3.8, 4) is 0 Å². The minimum absolute atomic E-state index is 0.0893. The summed E-state index contributed by atoms with van der Waals surface area (Å²) >= 11 is 3.30. The summed E-state index contributed by atoms with van der Waals surface area (Å²) in [4.78, 5) is 14.3. The zero-order valence-corrected chi connectivity index (χ0v) is 13.4. The van der Waals surface area contributed by atoms with E-state index in [4.69, 9.17) is 0 Å². The molecular weight excluding hydrogens is 323 g/mol. The standard InChI is InChI=1S/C15H20BrFN2O/c1-10-7-13(5-6-19(10)2)18-15(20)9-11-8-12(16)3-4-14(11)17/h3-4,8,10,13H,5-7,9H2,1-2H3,(H,18,20). The molecule has 3 nitrogen and oxygen atoms in total. The highest BCUT2D eigenvalue weighted by atomic mass is 79.9. The normalized spacial score (nSPS) is 23.6. The summed E-state index contributed by atoms with van der Waals surface area (Å²) in [7, 11) is 2.10. The second-order valence-corrected chi connectivity index (χ2v) is 6.45. The molecule has 1 aromatic rings. The van der Waals surface area contributed by atoms with Gasteiger partial charge in [-0.2, -0.15) is 0 Å². The second-order valence-electron chi connectivity index (χ2n) is 5.53. The number of benzene rings is 1. The lowest BCUT2D eigenvalue weighted by Crippen LogP contribution is -2.47. The van der Waals surface area contributed by atoms with Crippen LogP contribution in [0.5, 0.6) is 0 Å². The summed E-state index contributed by atoms with van der Waals surface area (Å²) in [6, 6.07) is 5.34. The summed E-state index contributed by atoms with van der Waals surface area (Å²) in [5, 5.41) is 3.02. The molecule has 5 heteroatoms. The average molecular weight is 343 g/mol. The largest absolute Gasteiger partial charge is 0.353 e. The van der Waals surface area contributed by atoms with Gasteiger partial charge in [0.05, 0.1) is 6.42 Å². The van der Waals surface area contributed by atoms with E-state index in [2.05, 4.69) is 40.1 Å². The number of likely N-dealkylation sites (tertiary alicyclic amines) is 1. The molecule has 0 bridgehead atoms. The van der Waals surface area contributed by atoms with Crippen LogP contribution < -0.4 is 5.32 Å². The van der Waals surface area contributed by atoms with Crippen LogP contribution in [0.25, 0.3) is 0 Å². The van der Waals surface area contributed by atoms with Crippen LogP contribution in [0.2, 0.25) is 0 Å². The number of piperidine rings is 1. The maximum atomic E-state index is 13.6. The molecule has 1 fully saturated rings. The third-order valence-corrected chi connectivity index (χ3v) is 4.43. The molecule has 110 valence electrons. The van der Waals surface area contributed by atoms with E-state index < -0.39 is 0 Å². The Labute approximate surface area is 127 Å². The first kappa shape index (κ1) is 15.4. The molecule has 1 aliphatic rings. The van der Waals surface area contributed by atoms with Gasteiger partial charge in [0, 0.05) is 23.1 Å². The van der Waals surface area contributed by atoms with Gasteiger partial charge in [-0.15, -0.1) is 0 Å². The van der Waals surface area contributed by atoms with Gasteiger partial charge in [0.25, 0.3) is 0 Å². The van der Waals surface area contributed by atoms with Gasteiger partial charge < -0.3 is 10.2 Å². The van der Waals surface area contributed by atoms with Crippen LogP contribution in [0.1, 0.15) is 25.3 Å². The highest BCUT2D eigenvalue weighted by Crippen LogP contribution is 2.18. The molecule has 2 atom stereocenters. The fourth-order valence-corrected chi connectivity index (χ4v) is 2.96. The maximum absolute atomic E-state index is 13.6. The van der Waals surface area contributed by atoms with Crippen LogP contribution in [0.4, 0.5) is 4.39 Å². The molecule has 0 radical (unpaired) electrons. The van der Waals surface area contributed by atoms with Crippen LogP contribution in [-0.2, 0) is 11.2 Å². The molecular formula is C15H20BrFN2O. The van der Waals surface area contributed by atoms with Crippen LogP contribution in [0.3, 0.4) is 0 Å². The van der Waals surface area contributed by atoms with Gasteiger partial charge in [0.15, 0.2) is 0 Å². The van der Waals surface area contributed by atoms with Gasteiger partial charge in [-0.25, -0.2) is 4.39 Å². The third-order valence-electron chi connectivity index (χ3n) is 3.93. The molecule has 0 aliphatic carbocycles. The molecule has 20 heavy (non-hydrogen) atoms. The minimum Gasteiger partial charge on any atom is -0.353 e. The smallest absolute Gasteiger partial charge is 0.224 e. The fraction of sp³-hybridized carbons (Fsp3) is 0.533. The Morgan fingerprint density at radius 3 is 3.00 bits per heavy atom. The Morgan fingerprint density at radius 2 is 2.30 bits per heavy atom. The van der Waals surface area contributed by atoms with Crippen LogP contribution in [-0.4, -0.2) is 36.5 Å². The van der Waals surface area contributed by atoms with E-state index in [0.717, 1.165) is 23.9 Å². The lowest BCUT2D eigenvalue weighted by Gasteiger charge is -2.35. The van der Waals surface area contributed by atoms with Crippen molar-refractivity contribution in [1.82, 2.24) is 10.2 Å². The van der Waals surface area contributed by atoms with Gasteiger partial charge in [-0.3, -0.25) is 4.79 Å². The quantitative estimate of drug-likeness (QED) is 0.915. The average Bonchev–Trinajstić information content (AvgIpc) is 2.38. The van der Waals surface area contributed by atoms with Crippen molar-refractivity contribution in [2.75, 3.05) is 13.6 Å². The minimum atomic E-state index is -0.333. The van der Waals surface area contributed by atoms with Crippen molar-refractivity contribution < 1.29 is 9.18 Å². The van der Waals surface area contributed by atoms with E-state index in [0.29, 0.717) is 11.6 Å². The number of hydrogen-bond donors (Lipinski definition) is 1. The summed E-state index contributed by atoms with van der Waals surface area (Å²) in [5.74, 6) is -0.441. The first-order valence-electron chi connectivity index (χ1n) is 6.89. The Balaban J connectivity index is 1.91. The number of nitrogens with zero attached hydrogens (tertiary/aromatic N) is 1. The fourth-order valence-electron chi connectivity index (χ4n) is 2.55. The summed E-state index contributed by atoms with van der Waals surface area (Å²) in [6.07, 6.45) is 1.99. The van der Waals surface area contributed by atoms with Crippen molar-refractivity contribution in [2.24, 2.45) is 0 Å². The molecule has 0 spiro atoms. The van der Waals surface area contributed by atoms with Crippen LogP contribution in [0, 0.1) is 5.82 Å². The van der Waals surface area contributed by atoms with Crippen LogP contribution in [0.15, 0.2) is 22.7 Å². The molecule has 1 heterocycles. The Hall–Kier alpha value is -0.940. The van der Waals surface area contributed by atoms with E-state index in [-0.39, 0.29) is 24.2 Å². The topological polar surface area (TPSA) is 32.3 Å². The molecule has 1 saturated heterocycles. The van der Waals surface area contributed by atoms with Crippen molar-refractivity contribution >= 4 is 21.8 Å². The Morgan fingerprint density at radius 1 is 1.55 bits per heavy atom. The maximum Gasteiger partial charge on any atom is 0.224 e. The van der Waals surface area contributed by atoms with E-state index in [1.165, 1.54) is 6.07 Å². The lowest BCUT2D eigenvalue weighted by molar-refractivity contribution is -0.121. The number of carbonyl (C=O) groups excluding carboxylic acids is 1. The first-order chi connectivity index (χ1) is 9.45. The van der Waals surface area contributed by atoms with Crippen molar-refractivity contribution in [3.05, 3.63) is 34.1 Å². The van der Waals surface area contributed by atoms with Gasteiger partial charge in [0.2, 0.25) is 5.91 Å². The molecule has 0 aromatic heterocycles. The number of hydrogen-bond acceptors (Lipinski definition) is 2. The predicted octanol–water partition coefficient (Wildman–Crippen LogP) is 2.73. The van der Waals surface area contributed by atoms with Crippen molar-refractivity contribution in [3.63, 3.8) is 0 Å². The predicted molar refractivity (Wildman–Crippen MR) is 81.1 cm³/mol. The van der Waals surface area contributed by atoms with E-state index in [1.807, 2.05) is 0 Å². The van der Waals surface area contributed by atoms with Gasteiger partial charge in [0.1, 0.15) is 5.82 Å².